The van der Waals surface area contributed by atoms with E-state index in [9.17, 15) is 4.79 Å². The van der Waals surface area contributed by atoms with E-state index in [2.05, 4.69) is 4.98 Å². The van der Waals surface area contributed by atoms with E-state index in [1.54, 1.807) is 42.6 Å². The number of benzene rings is 2. The Morgan fingerprint density at radius 1 is 1.15 bits per heavy atom. The van der Waals surface area contributed by atoms with Crippen molar-refractivity contribution in [3.63, 3.8) is 0 Å². The SMILES string of the molecule is N#Cc1ccc(OCC(=O)OCc2ncc(-c3ccc(Cl)cc3)o2)cc1. The van der Waals surface area contributed by atoms with Gasteiger partial charge in [0.05, 0.1) is 17.8 Å². The number of hydrogen-bond donors (Lipinski definition) is 0. The van der Waals surface area contributed by atoms with Gasteiger partial charge in [-0.1, -0.05) is 11.6 Å². The predicted molar refractivity (Wildman–Crippen MR) is 93.4 cm³/mol. The number of aromatic nitrogens is 1. The second-order valence-electron chi connectivity index (χ2n) is 5.21. The Labute approximate surface area is 154 Å². The minimum atomic E-state index is -0.555. The van der Waals surface area contributed by atoms with Crippen LogP contribution in [0, 0.1) is 11.3 Å². The second kappa shape index (κ2) is 8.19. The molecule has 0 spiro atoms. The summed E-state index contributed by atoms with van der Waals surface area (Å²) in [5, 5.41) is 9.36. The third-order valence-corrected chi connectivity index (χ3v) is 3.63. The zero-order valence-electron chi connectivity index (χ0n) is 13.5. The number of carbonyl (C=O) groups is 1. The highest BCUT2D eigenvalue weighted by atomic mass is 35.5. The molecular weight excluding hydrogens is 356 g/mol. The third-order valence-electron chi connectivity index (χ3n) is 3.38. The zero-order chi connectivity index (χ0) is 18.4. The Balaban J connectivity index is 1.48. The smallest absolute Gasteiger partial charge is 0.344 e. The molecule has 0 amide bonds. The van der Waals surface area contributed by atoms with Crippen molar-refractivity contribution in [2.75, 3.05) is 6.61 Å². The van der Waals surface area contributed by atoms with Gasteiger partial charge in [-0.05, 0) is 48.5 Å². The van der Waals surface area contributed by atoms with Gasteiger partial charge in [0.15, 0.2) is 19.0 Å². The largest absolute Gasteiger partial charge is 0.482 e. The number of rotatable bonds is 6. The highest BCUT2D eigenvalue weighted by Crippen LogP contribution is 2.22. The van der Waals surface area contributed by atoms with Crippen LogP contribution in [-0.2, 0) is 16.1 Å². The highest BCUT2D eigenvalue weighted by Gasteiger charge is 2.10. The third kappa shape index (κ3) is 4.62. The normalized spacial score (nSPS) is 10.2. The Bertz CT molecular complexity index is 927. The molecule has 0 unspecified atom stereocenters. The topological polar surface area (TPSA) is 85.3 Å². The van der Waals surface area contributed by atoms with Crippen molar-refractivity contribution in [1.82, 2.24) is 4.98 Å². The van der Waals surface area contributed by atoms with Crippen molar-refractivity contribution < 1.29 is 18.7 Å². The van der Waals surface area contributed by atoms with Crippen molar-refractivity contribution in [2.45, 2.75) is 6.61 Å². The van der Waals surface area contributed by atoms with Crippen molar-refractivity contribution in [3.05, 3.63) is 71.2 Å². The molecule has 130 valence electrons. The molecule has 0 bridgehead atoms. The first-order chi connectivity index (χ1) is 12.6. The van der Waals surface area contributed by atoms with Crippen LogP contribution in [0.1, 0.15) is 11.5 Å². The first-order valence-electron chi connectivity index (χ1n) is 7.63. The van der Waals surface area contributed by atoms with Crippen molar-refractivity contribution >= 4 is 17.6 Å². The molecule has 1 aromatic heterocycles. The standard InChI is InChI=1S/C19H13ClN2O4/c20-15-5-3-14(4-6-15)17-10-22-18(26-17)11-25-19(23)12-24-16-7-1-13(9-21)2-8-16/h1-8,10H,11-12H2. The van der Waals surface area contributed by atoms with Gasteiger partial charge in [-0.25, -0.2) is 9.78 Å². The maximum atomic E-state index is 11.7. The maximum absolute atomic E-state index is 11.7. The average molecular weight is 369 g/mol. The van der Waals surface area contributed by atoms with E-state index in [0.29, 0.717) is 22.1 Å². The van der Waals surface area contributed by atoms with E-state index >= 15 is 0 Å². The van der Waals surface area contributed by atoms with E-state index in [-0.39, 0.29) is 19.1 Å². The lowest BCUT2D eigenvalue weighted by Crippen LogP contribution is -2.14. The lowest BCUT2D eigenvalue weighted by molar-refractivity contribution is -0.148. The number of nitriles is 1. The number of esters is 1. The van der Waals surface area contributed by atoms with Gasteiger partial charge in [-0.15, -0.1) is 0 Å². The van der Waals surface area contributed by atoms with Gasteiger partial charge in [0, 0.05) is 10.6 Å². The zero-order valence-corrected chi connectivity index (χ0v) is 14.3. The fourth-order valence-corrected chi connectivity index (χ4v) is 2.20. The van der Waals surface area contributed by atoms with Crippen LogP contribution in [0.3, 0.4) is 0 Å². The molecule has 0 aliphatic rings. The molecule has 3 rings (SSSR count). The Hall–Kier alpha value is -3.30. The monoisotopic (exact) mass is 368 g/mol. The summed E-state index contributed by atoms with van der Waals surface area (Å²) in [7, 11) is 0. The van der Waals surface area contributed by atoms with Crippen molar-refractivity contribution in [3.8, 4) is 23.1 Å². The van der Waals surface area contributed by atoms with E-state index in [1.807, 2.05) is 18.2 Å². The van der Waals surface area contributed by atoms with Crippen LogP contribution in [0.5, 0.6) is 5.75 Å². The number of halogens is 1. The molecule has 0 radical (unpaired) electrons. The molecule has 0 fully saturated rings. The van der Waals surface area contributed by atoms with Crippen LogP contribution in [0.2, 0.25) is 5.02 Å². The van der Waals surface area contributed by atoms with Crippen LogP contribution in [0.4, 0.5) is 0 Å². The van der Waals surface area contributed by atoms with Crippen molar-refractivity contribution in [2.24, 2.45) is 0 Å². The number of oxazole rings is 1. The first kappa shape index (κ1) is 17.5. The predicted octanol–water partition coefficient (Wildman–Crippen LogP) is 3.99. The molecule has 2 aromatic carbocycles. The quantitative estimate of drug-likeness (QED) is 0.611. The molecule has 6 nitrogen and oxygen atoms in total. The summed E-state index contributed by atoms with van der Waals surface area (Å²) < 4.78 is 15.9. The Morgan fingerprint density at radius 2 is 1.88 bits per heavy atom. The average Bonchev–Trinajstić information content (AvgIpc) is 3.14. The van der Waals surface area contributed by atoms with Crippen molar-refractivity contribution in [1.29, 1.82) is 5.26 Å². The van der Waals surface area contributed by atoms with Gasteiger partial charge in [0.1, 0.15) is 5.75 Å². The maximum Gasteiger partial charge on any atom is 0.344 e. The molecule has 0 saturated carbocycles. The van der Waals surface area contributed by atoms with Crippen LogP contribution in [-0.4, -0.2) is 17.6 Å². The summed E-state index contributed by atoms with van der Waals surface area (Å²) >= 11 is 5.85. The summed E-state index contributed by atoms with van der Waals surface area (Å²) in [6.07, 6.45) is 1.56. The minimum Gasteiger partial charge on any atom is -0.482 e. The number of nitrogens with zero attached hydrogens (tertiary/aromatic N) is 2. The van der Waals surface area contributed by atoms with Crippen LogP contribution >= 0.6 is 11.6 Å². The number of ether oxygens (including phenoxy) is 2. The lowest BCUT2D eigenvalue weighted by Gasteiger charge is -2.05. The minimum absolute atomic E-state index is 0.0941. The lowest BCUT2D eigenvalue weighted by atomic mass is 10.2. The Kier molecular flexibility index (Phi) is 5.52. The molecule has 0 atom stereocenters. The highest BCUT2D eigenvalue weighted by molar-refractivity contribution is 6.30. The van der Waals surface area contributed by atoms with E-state index in [4.69, 9.17) is 30.8 Å². The molecule has 1 heterocycles. The summed E-state index contributed by atoms with van der Waals surface area (Å²) in [5.74, 6) is 0.755. The summed E-state index contributed by atoms with van der Waals surface area (Å²) in [6, 6.07) is 15.5. The fourth-order valence-electron chi connectivity index (χ4n) is 2.08. The van der Waals surface area contributed by atoms with Gasteiger partial charge in [0.2, 0.25) is 5.89 Å². The second-order valence-corrected chi connectivity index (χ2v) is 5.65. The first-order valence-corrected chi connectivity index (χ1v) is 8.01. The van der Waals surface area contributed by atoms with Gasteiger partial charge >= 0.3 is 5.97 Å². The van der Waals surface area contributed by atoms with Gasteiger partial charge in [0.25, 0.3) is 0 Å². The molecule has 3 aromatic rings. The molecule has 0 aliphatic heterocycles. The summed E-state index contributed by atoms with van der Waals surface area (Å²) in [6.45, 7) is -0.347. The van der Waals surface area contributed by atoms with Gasteiger partial charge in [-0.3, -0.25) is 0 Å². The van der Waals surface area contributed by atoms with Gasteiger partial charge in [-0.2, -0.15) is 5.26 Å². The van der Waals surface area contributed by atoms with Crippen LogP contribution in [0.25, 0.3) is 11.3 Å². The fraction of sp³-hybridized carbons (Fsp3) is 0.105. The molecule has 7 heteroatoms. The van der Waals surface area contributed by atoms with Crippen LogP contribution in [0.15, 0.2) is 59.1 Å². The number of hydrogen-bond acceptors (Lipinski definition) is 6. The summed E-state index contributed by atoms with van der Waals surface area (Å²) in [5.41, 5.74) is 1.34. The molecule has 26 heavy (non-hydrogen) atoms. The number of carbonyl (C=O) groups excluding carboxylic acids is 1. The van der Waals surface area contributed by atoms with E-state index in [1.165, 1.54) is 0 Å². The molecule has 0 aliphatic carbocycles. The van der Waals surface area contributed by atoms with E-state index < -0.39 is 5.97 Å². The Morgan fingerprint density at radius 3 is 2.58 bits per heavy atom. The molecule has 0 saturated heterocycles. The van der Waals surface area contributed by atoms with E-state index in [0.717, 1.165) is 5.56 Å². The van der Waals surface area contributed by atoms with Crippen LogP contribution < -0.4 is 4.74 Å². The summed E-state index contributed by atoms with van der Waals surface area (Å²) in [4.78, 5) is 15.8. The van der Waals surface area contributed by atoms with Gasteiger partial charge < -0.3 is 13.9 Å². The molecule has 0 N–H and O–H groups in total. The molecular formula is C19H13ClN2O4.